The lowest BCUT2D eigenvalue weighted by Crippen LogP contribution is -1.88. The SMILES string of the molecule is Cc1c(I)cccc1C(I)I. The van der Waals surface area contributed by atoms with Crippen molar-refractivity contribution in [3.05, 3.63) is 32.9 Å². The van der Waals surface area contributed by atoms with E-state index in [2.05, 4.69) is 92.9 Å². The molecular formula is C8H7I3. The zero-order valence-electron chi connectivity index (χ0n) is 5.94. The molecule has 0 aliphatic rings. The van der Waals surface area contributed by atoms with Crippen LogP contribution in [-0.4, -0.2) is 0 Å². The Hall–Kier alpha value is 1.41. The molecule has 3 heteroatoms. The molecule has 0 fully saturated rings. The van der Waals surface area contributed by atoms with Gasteiger partial charge >= 0.3 is 0 Å². The second kappa shape index (κ2) is 4.59. The van der Waals surface area contributed by atoms with Crippen LogP contribution >= 0.6 is 67.8 Å². The van der Waals surface area contributed by atoms with Crippen molar-refractivity contribution >= 4 is 67.8 Å². The summed E-state index contributed by atoms with van der Waals surface area (Å²) in [4.78, 5) is 0. The topological polar surface area (TPSA) is 0 Å². The van der Waals surface area contributed by atoms with E-state index in [9.17, 15) is 0 Å². The van der Waals surface area contributed by atoms with Crippen molar-refractivity contribution < 1.29 is 0 Å². The molecule has 11 heavy (non-hydrogen) atoms. The van der Waals surface area contributed by atoms with E-state index < -0.39 is 0 Å². The first kappa shape index (κ1) is 10.5. The molecule has 0 unspecified atom stereocenters. The number of rotatable bonds is 1. The van der Waals surface area contributed by atoms with Crippen molar-refractivity contribution in [1.82, 2.24) is 0 Å². The van der Waals surface area contributed by atoms with Gasteiger partial charge in [-0.25, -0.2) is 0 Å². The minimum atomic E-state index is 0.583. The number of hydrogen-bond acceptors (Lipinski definition) is 0. The molecule has 1 aromatic rings. The van der Waals surface area contributed by atoms with Gasteiger partial charge < -0.3 is 0 Å². The lowest BCUT2D eigenvalue weighted by Gasteiger charge is -2.07. The van der Waals surface area contributed by atoms with E-state index in [1.165, 1.54) is 14.7 Å². The second-order valence-corrected chi connectivity index (χ2v) is 8.29. The third-order valence-electron chi connectivity index (χ3n) is 1.54. The van der Waals surface area contributed by atoms with E-state index in [0.29, 0.717) is 1.93 Å². The Morgan fingerprint density at radius 2 is 1.91 bits per heavy atom. The first-order chi connectivity index (χ1) is 5.13. The maximum atomic E-state index is 2.43. The lowest BCUT2D eigenvalue weighted by atomic mass is 10.1. The van der Waals surface area contributed by atoms with Crippen molar-refractivity contribution in [1.29, 1.82) is 0 Å². The van der Waals surface area contributed by atoms with Gasteiger partial charge in [0.25, 0.3) is 0 Å². The molecule has 0 heterocycles. The second-order valence-electron chi connectivity index (χ2n) is 2.25. The fraction of sp³-hybridized carbons (Fsp3) is 0.250. The van der Waals surface area contributed by atoms with Crippen LogP contribution in [-0.2, 0) is 0 Å². The maximum Gasteiger partial charge on any atom is 0.0877 e. The van der Waals surface area contributed by atoms with Crippen molar-refractivity contribution in [3.63, 3.8) is 0 Å². The monoisotopic (exact) mass is 484 g/mol. The van der Waals surface area contributed by atoms with E-state index in [4.69, 9.17) is 0 Å². The largest absolute Gasteiger partial charge is 0.0877 e. The molecule has 0 bridgehead atoms. The third kappa shape index (κ3) is 2.68. The molecule has 0 nitrogen and oxygen atoms in total. The zero-order valence-corrected chi connectivity index (χ0v) is 12.4. The van der Waals surface area contributed by atoms with Gasteiger partial charge in [0.1, 0.15) is 0 Å². The predicted molar refractivity (Wildman–Crippen MR) is 74.7 cm³/mol. The van der Waals surface area contributed by atoms with E-state index in [1.807, 2.05) is 0 Å². The smallest absolute Gasteiger partial charge is 0.0657 e. The van der Waals surface area contributed by atoms with Crippen molar-refractivity contribution in [2.75, 3.05) is 0 Å². The Morgan fingerprint density at radius 1 is 1.27 bits per heavy atom. The molecule has 1 rings (SSSR count). The molecule has 0 aliphatic heterocycles. The van der Waals surface area contributed by atoms with Crippen LogP contribution in [0, 0.1) is 10.5 Å². The number of alkyl halides is 2. The Balaban J connectivity index is 3.17. The van der Waals surface area contributed by atoms with Gasteiger partial charge in [0.2, 0.25) is 0 Å². The van der Waals surface area contributed by atoms with Crippen LogP contribution in [0.15, 0.2) is 18.2 Å². The molecule has 0 saturated carbocycles. The van der Waals surface area contributed by atoms with E-state index in [1.54, 1.807) is 0 Å². The van der Waals surface area contributed by atoms with E-state index in [0.717, 1.165) is 0 Å². The standard InChI is InChI=1S/C8H7I3/c1-5-6(8(10)11)3-2-4-7(5)9/h2-4,8H,1H3. The summed E-state index contributed by atoms with van der Waals surface area (Å²) in [5.74, 6) is 0. The highest BCUT2D eigenvalue weighted by atomic mass is 127. The summed E-state index contributed by atoms with van der Waals surface area (Å²) in [5.41, 5.74) is 2.86. The van der Waals surface area contributed by atoms with Gasteiger partial charge in [0.15, 0.2) is 0 Å². The highest BCUT2D eigenvalue weighted by Crippen LogP contribution is 2.33. The first-order valence-corrected chi connectivity index (χ1v) is 6.73. The Bertz CT molecular complexity index is 256. The van der Waals surface area contributed by atoms with Crippen LogP contribution in [0.2, 0.25) is 0 Å². The van der Waals surface area contributed by atoms with Crippen molar-refractivity contribution in [2.24, 2.45) is 0 Å². The molecule has 60 valence electrons. The minimum Gasteiger partial charge on any atom is -0.0657 e. The summed E-state index contributed by atoms with van der Waals surface area (Å²) in [6.45, 7) is 2.18. The first-order valence-electron chi connectivity index (χ1n) is 3.16. The highest BCUT2D eigenvalue weighted by molar-refractivity contribution is 14.2. The molecule has 0 atom stereocenters. The van der Waals surface area contributed by atoms with Gasteiger partial charge in [0, 0.05) is 3.57 Å². The van der Waals surface area contributed by atoms with Gasteiger partial charge in [-0.15, -0.1) is 0 Å². The Labute approximate surface area is 108 Å². The summed E-state index contributed by atoms with van der Waals surface area (Å²) in [5, 5.41) is 0. The van der Waals surface area contributed by atoms with Crippen molar-refractivity contribution in [2.45, 2.75) is 8.86 Å². The van der Waals surface area contributed by atoms with Gasteiger partial charge in [-0.2, -0.15) is 0 Å². The number of benzene rings is 1. The number of halogens is 3. The summed E-state index contributed by atoms with van der Waals surface area (Å²) >= 11 is 7.24. The summed E-state index contributed by atoms with van der Waals surface area (Å²) in [7, 11) is 0. The molecule has 0 spiro atoms. The van der Waals surface area contributed by atoms with Crippen molar-refractivity contribution in [3.8, 4) is 0 Å². The van der Waals surface area contributed by atoms with Crippen LogP contribution in [0.3, 0.4) is 0 Å². The summed E-state index contributed by atoms with van der Waals surface area (Å²) in [6.07, 6.45) is 0. The molecule has 0 saturated heterocycles. The van der Waals surface area contributed by atoms with Gasteiger partial charge in [-0.05, 0) is 46.7 Å². The molecular weight excluding hydrogens is 477 g/mol. The van der Waals surface area contributed by atoms with Crippen LogP contribution in [0.1, 0.15) is 13.1 Å². The fourth-order valence-electron chi connectivity index (χ4n) is 0.861. The molecule has 0 aromatic heterocycles. The highest BCUT2D eigenvalue weighted by Gasteiger charge is 2.06. The van der Waals surface area contributed by atoms with Gasteiger partial charge in [-0.1, -0.05) is 57.3 Å². The average Bonchev–Trinajstić information content (AvgIpc) is 1.94. The number of hydrogen-bond donors (Lipinski definition) is 0. The van der Waals surface area contributed by atoms with E-state index in [-0.39, 0.29) is 0 Å². The van der Waals surface area contributed by atoms with Gasteiger partial charge in [0.05, 0.1) is 1.93 Å². The lowest BCUT2D eigenvalue weighted by molar-refractivity contribution is 1.31. The molecule has 0 N–H and O–H groups in total. The predicted octanol–water partition coefficient (Wildman–Crippen LogP) is 4.47. The average molecular weight is 484 g/mol. The molecule has 0 radical (unpaired) electrons. The molecule has 0 amide bonds. The third-order valence-corrected chi connectivity index (χ3v) is 4.06. The maximum absolute atomic E-state index is 2.43. The van der Waals surface area contributed by atoms with Crippen LogP contribution in [0.4, 0.5) is 0 Å². The zero-order chi connectivity index (χ0) is 8.43. The summed E-state index contributed by atoms with van der Waals surface area (Å²) < 4.78 is 1.94. The molecule has 0 aliphatic carbocycles. The Kier molecular flexibility index (Phi) is 4.38. The minimum absolute atomic E-state index is 0.583. The molecule has 1 aromatic carbocycles. The van der Waals surface area contributed by atoms with Gasteiger partial charge in [-0.3, -0.25) is 0 Å². The van der Waals surface area contributed by atoms with Crippen LogP contribution in [0.5, 0.6) is 0 Å². The normalized spacial score (nSPS) is 10.6. The Morgan fingerprint density at radius 3 is 2.36 bits per heavy atom. The summed E-state index contributed by atoms with van der Waals surface area (Å²) in [6, 6.07) is 6.46. The van der Waals surface area contributed by atoms with Crippen LogP contribution < -0.4 is 0 Å². The van der Waals surface area contributed by atoms with Crippen LogP contribution in [0.25, 0.3) is 0 Å². The van der Waals surface area contributed by atoms with E-state index >= 15 is 0 Å². The fourth-order valence-corrected chi connectivity index (χ4v) is 2.73. The quantitative estimate of drug-likeness (QED) is 0.408.